The summed E-state index contributed by atoms with van der Waals surface area (Å²) in [7, 11) is -3.14. The third kappa shape index (κ3) is 3.07. The Labute approximate surface area is 120 Å². The monoisotopic (exact) mass is 304 g/mol. The minimum absolute atomic E-state index is 0.164. The summed E-state index contributed by atoms with van der Waals surface area (Å²) >= 11 is 0. The summed E-state index contributed by atoms with van der Waals surface area (Å²) in [5.74, 6) is 0.164. The molecule has 0 radical (unpaired) electrons. The Kier molecular flexibility index (Phi) is 4.87. The first-order valence-electron chi connectivity index (χ1n) is 7.17. The second kappa shape index (κ2) is 6.28. The van der Waals surface area contributed by atoms with E-state index in [1.54, 1.807) is 4.31 Å². The Morgan fingerprint density at radius 3 is 2.30 bits per heavy atom. The van der Waals surface area contributed by atoms with E-state index in [9.17, 15) is 8.42 Å². The van der Waals surface area contributed by atoms with E-state index in [2.05, 4.69) is 5.16 Å². The first-order valence-corrected chi connectivity index (χ1v) is 8.67. The number of hydrogen-bond acceptors (Lipinski definition) is 5. The topological polar surface area (TPSA) is 99.2 Å². The zero-order valence-electron chi connectivity index (χ0n) is 11.9. The third-order valence-corrected chi connectivity index (χ3v) is 6.85. The van der Waals surface area contributed by atoms with Crippen LogP contribution in [0.1, 0.15) is 32.6 Å². The molecule has 1 heterocycles. The van der Waals surface area contributed by atoms with Crippen LogP contribution in [0.25, 0.3) is 0 Å². The van der Waals surface area contributed by atoms with E-state index >= 15 is 0 Å². The van der Waals surface area contributed by atoms with Gasteiger partial charge in [-0.2, -0.15) is 4.31 Å². The molecule has 1 atom stereocenters. The number of rotatable bonds is 4. The molecule has 1 aliphatic carbocycles. The molecule has 0 aromatic rings. The molecule has 0 aromatic heterocycles. The van der Waals surface area contributed by atoms with Crippen molar-refractivity contribution in [3.05, 3.63) is 0 Å². The van der Waals surface area contributed by atoms with Gasteiger partial charge in [0.15, 0.2) is 5.84 Å². The van der Waals surface area contributed by atoms with Crippen LogP contribution in [-0.4, -0.2) is 66.1 Å². The standard InChI is InChI=1S/C12H24N4O3S/c1-10(12(13)14-17)15-6-8-16(9-7-15)20(18,19)11-4-2-3-5-11/h10-11,17H,2-9H2,1H3,(H2,13,14). The third-order valence-electron chi connectivity index (χ3n) is 4.45. The van der Waals surface area contributed by atoms with Crippen molar-refractivity contribution in [1.82, 2.24) is 9.21 Å². The molecule has 1 aliphatic heterocycles. The lowest BCUT2D eigenvalue weighted by atomic mass is 10.2. The highest BCUT2D eigenvalue weighted by Gasteiger charge is 2.36. The van der Waals surface area contributed by atoms with Crippen molar-refractivity contribution in [2.45, 2.75) is 43.9 Å². The Morgan fingerprint density at radius 1 is 1.25 bits per heavy atom. The fourth-order valence-corrected chi connectivity index (χ4v) is 5.04. The maximum Gasteiger partial charge on any atom is 0.217 e. The summed E-state index contributed by atoms with van der Waals surface area (Å²) in [6.45, 7) is 4.06. The number of nitrogens with zero attached hydrogens (tertiary/aromatic N) is 3. The van der Waals surface area contributed by atoms with Crippen molar-refractivity contribution in [2.24, 2.45) is 10.9 Å². The van der Waals surface area contributed by atoms with Gasteiger partial charge in [0.2, 0.25) is 10.0 Å². The van der Waals surface area contributed by atoms with Crippen LogP contribution in [0.5, 0.6) is 0 Å². The molecule has 8 heteroatoms. The zero-order valence-corrected chi connectivity index (χ0v) is 12.7. The molecule has 2 rings (SSSR count). The van der Waals surface area contributed by atoms with Crippen LogP contribution in [0, 0.1) is 0 Å². The van der Waals surface area contributed by atoms with Crippen LogP contribution in [0.2, 0.25) is 0 Å². The molecule has 1 unspecified atom stereocenters. The van der Waals surface area contributed by atoms with Crippen molar-refractivity contribution in [3.8, 4) is 0 Å². The summed E-state index contributed by atoms with van der Waals surface area (Å²) in [5, 5.41) is 11.5. The van der Waals surface area contributed by atoms with Gasteiger partial charge in [-0.15, -0.1) is 0 Å². The molecule has 0 spiro atoms. The van der Waals surface area contributed by atoms with Gasteiger partial charge in [-0.3, -0.25) is 4.90 Å². The van der Waals surface area contributed by atoms with E-state index < -0.39 is 10.0 Å². The quantitative estimate of drug-likeness (QED) is 0.330. The lowest BCUT2D eigenvalue weighted by Gasteiger charge is -2.37. The van der Waals surface area contributed by atoms with Crippen molar-refractivity contribution >= 4 is 15.9 Å². The zero-order chi connectivity index (χ0) is 14.8. The van der Waals surface area contributed by atoms with Gasteiger partial charge in [0.25, 0.3) is 0 Å². The van der Waals surface area contributed by atoms with Gasteiger partial charge in [0, 0.05) is 26.2 Å². The summed E-state index contributed by atoms with van der Waals surface area (Å²) in [6, 6.07) is -0.170. The fraction of sp³-hybridized carbons (Fsp3) is 0.917. The van der Waals surface area contributed by atoms with Gasteiger partial charge in [-0.1, -0.05) is 18.0 Å². The molecule has 0 bridgehead atoms. The maximum absolute atomic E-state index is 12.5. The molecule has 1 saturated heterocycles. The number of hydrogen-bond donors (Lipinski definition) is 2. The molecular formula is C12H24N4O3S. The van der Waals surface area contributed by atoms with E-state index in [0.29, 0.717) is 26.2 Å². The molecular weight excluding hydrogens is 280 g/mol. The van der Waals surface area contributed by atoms with Gasteiger partial charge >= 0.3 is 0 Å². The Balaban J connectivity index is 1.94. The average Bonchev–Trinajstić information content (AvgIpc) is 3.00. The highest BCUT2D eigenvalue weighted by atomic mass is 32.2. The lowest BCUT2D eigenvalue weighted by Crippen LogP contribution is -2.55. The van der Waals surface area contributed by atoms with Gasteiger partial charge in [-0.25, -0.2) is 8.42 Å². The molecule has 7 nitrogen and oxygen atoms in total. The fourth-order valence-electron chi connectivity index (χ4n) is 3.01. The van der Waals surface area contributed by atoms with Crippen LogP contribution in [0.3, 0.4) is 0 Å². The van der Waals surface area contributed by atoms with Crippen molar-refractivity contribution in [2.75, 3.05) is 26.2 Å². The van der Waals surface area contributed by atoms with Gasteiger partial charge in [0.05, 0.1) is 11.3 Å². The first-order chi connectivity index (χ1) is 9.46. The smallest absolute Gasteiger partial charge is 0.217 e. The highest BCUT2D eigenvalue weighted by molar-refractivity contribution is 7.89. The second-order valence-electron chi connectivity index (χ2n) is 5.59. The molecule has 116 valence electrons. The number of nitrogens with two attached hydrogens (primary N) is 1. The van der Waals surface area contributed by atoms with E-state index in [1.165, 1.54) is 0 Å². The van der Waals surface area contributed by atoms with Crippen LogP contribution >= 0.6 is 0 Å². The predicted molar refractivity (Wildman–Crippen MR) is 77.2 cm³/mol. The summed E-state index contributed by atoms with van der Waals surface area (Å²) in [5.41, 5.74) is 5.59. The van der Waals surface area contributed by atoms with Gasteiger partial charge < -0.3 is 10.9 Å². The molecule has 0 amide bonds. The largest absolute Gasteiger partial charge is 0.409 e. The molecule has 2 aliphatic rings. The Hall–Kier alpha value is -0.860. The van der Waals surface area contributed by atoms with Gasteiger partial charge in [-0.05, 0) is 19.8 Å². The maximum atomic E-state index is 12.5. The van der Waals surface area contributed by atoms with E-state index in [4.69, 9.17) is 10.9 Å². The normalized spacial score (nSPS) is 25.9. The second-order valence-corrected chi connectivity index (χ2v) is 7.80. The first kappa shape index (κ1) is 15.5. The minimum atomic E-state index is -3.14. The average molecular weight is 304 g/mol. The van der Waals surface area contributed by atoms with Gasteiger partial charge in [0.1, 0.15) is 0 Å². The number of oxime groups is 1. The van der Waals surface area contributed by atoms with Crippen LogP contribution < -0.4 is 5.73 Å². The SMILES string of the molecule is CC(C(N)=NO)N1CCN(S(=O)(=O)C2CCCC2)CC1. The molecule has 1 saturated carbocycles. The van der Waals surface area contributed by atoms with Crippen molar-refractivity contribution in [3.63, 3.8) is 0 Å². The van der Waals surface area contributed by atoms with Crippen LogP contribution in [0.15, 0.2) is 5.16 Å². The Bertz CT molecular complexity index is 451. The number of amidine groups is 1. The number of sulfonamides is 1. The van der Waals surface area contributed by atoms with Crippen LogP contribution in [-0.2, 0) is 10.0 Å². The summed E-state index contributed by atoms with van der Waals surface area (Å²) in [4.78, 5) is 2.04. The van der Waals surface area contributed by atoms with E-state index in [1.807, 2.05) is 11.8 Å². The van der Waals surface area contributed by atoms with E-state index in [0.717, 1.165) is 25.7 Å². The highest BCUT2D eigenvalue weighted by Crippen LogP contribution is 2.27. The molecule has 2 fully saturated rings. The van der Waals surface area contributed by atoms with Crippen molar-refractivity contribution in [1.29, 1.82) is 0 Å². The summed E-state index contributed by atoms with van der Waals surface area (Å²) < 4.78 is 26.6. The number of piperazine rings is 1. The lowest BCUT2D eigenvalue weighted by molar-refractivity contribution is 0.170. The van der Waals surface area contributed by atoms with Crippen LogP contribution in [0.4, 0.5) is 0 Å². The minimum Gasteiger partial charge on any atom is -0.409 e. The predicted octanol–water partition coefficient (Wildman–Crippen LogP) is 0.0113. The van der Waals surface area contributed by atoms with Crippen molar-refractivity contribution < 1.29 is 13.6 Å². The molecule has 20 heavy (non-hydrogen) atoms. The molecule has 3 N–H and O–H groups in total. The molecule has 0 aromatic carbocycles. The summed E-state index contributed by atoms with van der Waals surface area (Å²) in [6.07, 6.45) is 3.63. The van der Waals surface area contributed by atoms with E-state index in [-0.39, 0.29) is 17.1 Å². The Morgan fingerprint density at radius 2 is 1.80 bits per heavy atom.